The SMILES string of the molecule is CC(=O)Nc1cc(Cl)cc(C)n1.CC(=O)OC(C)=O.Cc1cc(Cl)cc(N)n1. The zero-order valence-corrected chi connectivity index (χ0v) is 17.7. The third-order valence-corrected chi connectivity index (χ3v) is 2.88. The van der Waals surface area contributed by atoms with Gasteiger partial charge in [0, 0.05) is 42.2 Å². The van der Waals surface area contributed by atoms with Crippen molar-refractivity contribution in [3.05, 3.63) is 45.7 Å². The number of amides is 1. The Kier molecular flexibility index (Phi) is 11.4. The van der Waals surface area contributed by atoms with Crippen LogP contribution < -0.4 is 11.1 Å². The molecule has 0 spiro atoms. The van der Waals surface area contributed by atoms with E-state index in [0.717, 1.165) is 11.4 Å². The Labute approximate surface area is 173 Å². The summed E-state index contributed by atoms with van der Waals surface area (Å²) in [5, 5.41) is 3.77. The van der Waals surface area contributed by atoms with Crippen molar-refractivity contribution in [2.45, 2.75) is 34.6 Å². The van der Waals surface area contributed by atoms with Crippen LogP contribution in [-0.2, 0) is 19.1 Å². The molecule has 0 atom stereocenters. The molecule has 0 aromatic carbocycles. The fourth-order valence-electron chi connectivity index (χ4n) is 1.72. The van der Waals surface area contributed by atoms with Gasteiger partial charge in [-0.3, -0.25) is 14.4 Å². The van der Waals surface area contributed by atoms with Gasteiger partial charge in [-0.2, -0.15) is 0 Å². The topological polar surface area (TPSA) is 124 Å². The molecule has 8 nitrogen and oxygen atoms in total. The van der Waals surface area contributed by atoms with E-state index in [0.29, 0.717) is 21.7 Å². The van der Waals surface area contributed by atoms with E-state index >= 15 is 0 Å². The number of aryl methyl sites for hydroxylation is 2. The molecule has 0 aliphatic heterocycles. The smallest absolute Gasteiger partial charge is 0.310 e. The van der Waals surface area contributed by atoms with Crippen molar-refractivity contribution in [2.24, 2.45) is 0 Å². The van der Waals surface area contributed by atoms with Crippen LogP contribution in [0.25, 0.3) is 0 Å². The summed E-state index contributed by atoms with van der Waals surface area (Å²) in [6, 6.07) is 6.72. The van der Waals surface area contributed by atoms with Crippen LogP contribution in [0.2, 0.25) is 10.0 Å². The van der Waals surface area contributed by atoms with E-state index < -0.39 is 11.9 Å². The third-order valence-electron chi connectivity index (χ3n) is 2.45. The molecule has 0 bridgehead atoms. The number of hydrogen-bond acceptors (Lipinski definition) is 7. The van der Waals surface area contributed by atoms with Gasteiger partial charge in [0.25, 0.3) is 0 Å². The van der Waals surface area contributed by atoms with Crippen molar-refractivity contribution in [1.29, 1.82) is 0 Å². The summed E-state index contributed by atoms with van der Waals surface area (Å²) in [6.45, 7) is 7.46. The van der Waals surface area contributed by atoms with Crippen molar-refractivity contribution in [3.8, 4) is 0 Å². The molecule has 2 heterocycles. The number of nitrogens with two attached hydrogens (primary N) is 1. The van der Waals surface area contributed by atoms with E-state index in [1.807, 2.05) is 13.8 Å². The number of halogens is 2. The second-order valence-corrected chi connectivity index (χ2v) is 6.30. The predicted octanol–water partition coefficient (Wildman–Crippen LogP) is 3.72. The van der Waals surface area contributed by atoms with E-state index in [1.54, 1.807) is 24.3 Å². The highest BCUT2D eigenvalue weighted by atomic mass is 35.5. The molecule has 10 heteroatoms. The lowest BCUT2D eigenvalue weighted by atomic mass is 10.3. The van der Waals surface area contributed by atoms with E-state index in [1.165, 1.54) is 20.8 Å². The number of nitrogen functional groups attached to an aromatic ring is 1. The maximum absolute atomic E-state index is 10.6. The Balaban J connectivity index is 0.000000408. The number of carbonyl (C=O) groups excluding carboxylic acids is 3. The van der Waals surface area contributed by atoms with Gasteiger partial charge in [0.15, 0.2) is 0 Å². The van der Waals surface area contributed by atoms with Crippen LogP contribution in [0.3, 0.4) is 0 Å². The molecule has 0 fully saturated rings. The zero-order valence-electron chi connectivity index (χ0n) is 16.2. The van der Waals surface area contributed by atoms with Gasteiger partial charge >= 0.3 is 11.9 Å². The summed E-state index contributed by atoms with van der Waals surface area (Å²) >= 11 is 11.4. The van der Waals surface area contributed by atoms with Gasteiger partial charge in [-0.15, -0.1) is 0 Å². The van der Waals surface area contributed by atoms with Crippen LogP contribution in [0, 0.1) is 13.8 Å². The van der Waals surface area contributed by atoms with E-state index in [2.05, 4.69) is 20.0 Å². The molecule has 1 amide bonds. The fraction of sp³-hybridized carbons (Fsp3) is 0.278. The second kappa shape index (κ2) is 12.6. The molecule has 152 valence electrons. The fourth-order valence-corrected chi connectivity index (χ4v) is 2.25. The molecule has 0 aliphatic carbocycles. The quantitative estimate of drug-likeness (QED) is 0.523. The molecule has 0 saturated carbocycles. The number of ether oxygens (including phenoxy) is 1. The van der Waals surface area contributed by atoms with Crippen molar-refractivity contribution >= 4 is 52.7 Å². The molecule has 0 aliphatic rings. The standard InChI is InChI=1S/C8H9ClN2O.C6H7ClN2.C4H6O3/c1-5-3-7(9)4-8(10-5)11-6(2)12;1-4-2-5(7)3-6(8)9-4;1-3(5)7-4(2)6/h3-4H,1-2H3,(H,10,11,12);2-3H,1H3,(H2,8,9);1-2H3. The number of carbonyl (C=O) groups is 3. The first-order valence-corrected chi connectivity index (χ1v) is 8.65. The molecular formula is C18H22Cl2N4O4. The number of rotatable bonds is 1. The monoisotopic (exact) mass is 428 g/mol. The van der Waals surface area contributed by atoms with Crippen LogP contribution in [0.4, 0.5) is 11.6 Å². The van der Waals surface area contributed by atoms with Crippen LogP contribution in [0.15, 0.2) is 24.3 Å². The van der Waals surface area contributed by atoms with Gasteiger partial charge < -0.3 is 15.8 Å². The Hall–Kier alpha value is -2.71. The molecule has 3 N–H and O–H groups in total. The normalized spacial score (nSPS) is 9.11. The highest BCUT2D eigenvalue weighted by Gasteiger charge is 1.99. The lowest BCUT2D eigenvalue weighted by molar-refractivity contribution is -0.156. The Morgan fingerprint density at radius 1 is 0.893 bits per heavy atom. The lowest BCUT2D eigenvalue weighted by Crippen LogP contribution is -2.07. The van der Waals surface area contributed by atoms with Gasteiger partial charge in [0.2, 0.25) is 5.91 Å². The number of nitrogens with one attached hydrogen (secondary N) is 1. The van der Waals surface area contributed by atoms with Gasteiger partial charge in [0.1, 0.15) is 11.6 Å². The molecule has 2 aromatic heterocycles. The molecular weight excluding hydrogens is 407 g/mol. The van der Waals surface area contributed by atoms with Gasteiger partial charge in [-0.05, 0) is 38.1 Å². The highest BCUT2D eigenvalue weighted by Crippen LogP contribution is 2.14. The van der Waals surface area contributed by atoms with E-state index in [-0.39, 0.29) is 5.91 Å². The number of anilines is 2. The minimum Gasteiger partial charge on any atom is -0.394 e. The average Bonchev–Trinajstić information content (AvgIpc) is 2.43. The molecule has 0 unspecified atom stereocenters. The van der Waals surface area contributed by atoms with Crippen molar-refractivity contribution in [2.75, 3.05) is 11.1 Å². The van der Waals surface area contributed by atoms with E-state index in [9.17, 15) is 14.4 Å². The summed E-state index contributed by atoms with van der Waals surface area (Å²) in [5.41, 5.74) is 6.99. The lowest BCUT2D eigenvalue weighted by Gasteiger charge is -2.02. The minimum absolute atomic E-state index is 0.149. The number of esters is 2. The number of aromatic nitrogens is 2. The summed E-state index contributed by atoms with van der Waals surface area (Å²) in [6.07, 6.45) is 0. The summed E-state index contributed by atoms with van der Waals surface area (Å²) in [4.78, 5) is 38.2. The Morgan fingerprint density at radius 3 is 1.68 bits per heavy atom. The van der Waals surface area contributed by atoms with Gasteiger partial charge in [0.05, 0.1) is 0 Å². The minimum atomic E-state index is -0.562. The molecule has 2 aromatic rings. The largest absolute Gasteiger partial charge is 0.394 e. The van der Waals surface area contributed by atoms with Crippen LogP contribution in [0.5, 0.6) is 0 Å². The Morgan fingerprint density at radius 2 is 1.36 bits per heavy atom. The van der Waals surface area contributed by atoms with Crippen molar-refractivity contribution < 1.29 is 19.1 Å². The van der Waals surface area contributed by atoms with Crippen LogP contribution in [0.1, 0.15) is 32.2 Å². The van der Waals surface area contributed by atoms with Gasteiger partial charge in [-0.25, -0.2) is 9.97 Å². The van der Waals surface area contributed by atoms with Crippen molar-refractivity contribution in [3.63, 3.8) is 0 Å². The first kappa shape index (κ1) is 25.3. The number of pyridine rings is 2. The van der Waals surface area contributed by atoms with Crippen LogP contribution >= 0.6 is 23.2 Å². The summed E-state index contributed by atoms with van der Waals surface area (Å²) in [7, 11) is 0. The number of hydrogen-bond donors (Lipinski definition) is 2. The highest BCUT2D eigenvalue weighted by molar-refractivity contribution is 6.31. The first-order valence-electron chi connectivity index (χ1n) is 7.89. The average molecular weight is 429 g/mol. The van der Waals surface area contributed by atoms with E-state index in [4.69, 9.17) is 28.9 Å². The third kappa shape index (κ3) is 13.5. The molecule has 0 radical (unpaired) electrons. The maximum atomic E-state index is 10.6. The summed E-state index contributed by atoms with van der Waals surface area (Å²) < 4.78 is 3.97. The molecule has 28 heavy (non-hydrogen) atoms. The molecule has 2 rings (SSSR count). The van der Waals surface area contributed by atoms with Crippen molar-refractivity contribution in [1.82, 2.24) is 9.97 Å². The van der Waals surface area contributed by atoms with Gasteiger partial charge in [-0.1, -0.05) is 23.2 Å². The van der Waals surface area contributed by atoms with Crippen LogP contribution in [-0.4, -0.2) is 27.8 Å². The number of nitrogens with zero attached hydrogens (tertiary/aromatic N) is 2. The predicted molar refractivity (Wildman–Crippen MR) is 109 cm³/mol. The maximum Gasteiger partial charge on any atom is 0.310 e. The first-order chi connectivity index (χ1) is 12.9. The molecule has 0 saturated heterocycles. The Bertz CT molecular complexity index is 762. The summed E-state index contributed by atoms with van der Waals surface area (Å²) in [5.74, 6) is -0.309. The zero-order chi connectivity index (χ0) is 21.9. The second-order valence-electron chi connectivity index (χ2n) is 5.43.